The molecule has 0 fully saturated rings. The summed E-state index contributed by atoms with van der Waals surface area (Å²) in [6, 6.07) is 15.8. The van der Waals surface area contributed by atoms with E-state index in [0.29, 0.717) is 29.5 Å². The zero-order chi connectivity index (χ0) is 20.5. The van der Waals surface area contributed by atoms with Gasteiger partial charge in [0.2, 0.25) is 5.82 Å². The molecular weight excluding hydrogens is 376 g/mol. The Bertz CT molecular complexity index is 943. The Hall–Kier alpha value is -3.95. The van der Waals surface area contributed by atoms with Crippen molar-refractivity contribution in [1.82, 2.24) is 31.1 Å². The second-order valence-electron chi connectivity index (χ2n) is 5.80. The van der Waals surface area contributed by atoms with Crippen LogP contribution in [0.15, 0.2) is 54.6 Å². The van der Waals surface area contributed by atoms with Gasteiger partial charge in [0, 0.05) is 5.56 Å². The first-order chi connectivity index (χ1) is 14.1. The van der Waals surface area contributed by atoms with Gasteiger partial charge in [-0.2, -0.15) is 4.80 Å². The highest BCUT2D eigenvalue weighted by Gasteiger charge is 2.11. The summed E-state index contributed by atoms with van der Waals surface area (Å²) < 4.78 is 10.8. The van der Waals surface area contributed by atoms with E-state index in [1.165, 1.54) is 0 Å². The van der Waals surface area contributed by atoms with E-state index in [4.69, 9.17) is 9.47 Å². The lowest BCUT2D eigenvalue weighted by Crippen LogP contribution is -2.43. The summed E-state index contributed by atoms with van der Waals surface area (Å²) in [7, 11) is 0. The molecule has 2 amide bonds. The van der Waals surface area contributed by atoms with E-state index in [0.717, 1.165) is 4.80 Å². The van der Waals surface area contributed by atoms with Crippen molar-refractivity contribution in [2.75, 3.05) is 6.61 Å². The van der Waals surface area contributed by atoms with Crippen LogP contribution in [0.25, 0.3) is 0 Å². The molecule has 0 saturated carbocycles. The fourth-order valence-electron chi connectivity index (χ4n) is 2.30. The molecule has 0 aliphatic rings. The average Bonchev–Trinajstić information content (AvgIpc) is 3.19. The van der Waals surface area contributed by atoms with Crippen LogP contribution in [0.2, 0.25) is 0 Å². The van der Waals surface area contributed by atoms with Crippen LogP contribution in [0.5, 0.6) is 11.5 Å². The van der Waals surface area contributed by atoms with Crippen molar-refractivity contribution in [3.05, 3.63) is 66.0 Å². The van der Waals surface area contributed by atoms with Crippen LogP contribution in [0.3, 0.4) is 0 Å². The van der Waals surface area contributed by atoms with Crippen LogP contribution >= 0.6 is 0 Å². The highest BCUT2D eigenvalue weighted by Crippen LogP contribution is 2.12. The third-order valence-electron chi connectivity index (χ3n) is 3.63. The Kier molecular flexibility index (Phi) is 6.71. The van der Waals surface area contributed by atoms with Crippen molar-refractivity contribution in [2.45, 2.75) is 20.1 Å². The molecule has 0 saturated heterocycles. The zero-order valence-corrected chi connectivity index (χ0v) is 15.7. The minimum atomic E-state index is -0.503. The number of hydrogen-bond donors (Lipinski definition) is 2. The van der Waals surface area contributed by atoms with Crippen LogP contribution in [-0.4, -0.2) is 38.6 Å². The number of tetrazole rings is 1. The first kappa shape index (κ1) is 19.8. The third-order valence-corrected chi connectivity index (χ3v) is 3.63. The van der Waals surface area contributed by atoms with Crippen LogP contribution in [0.1, 0.15) is 23.1 Å². The fraction of sp³-hybridized carbons (Fsp3) is 0.211. The number of para-hydroxylation sites is 1. The number of carbonyl (C=O) groups is 2. The molecule has 0 bridgehead atoms. The topological polar surface area (TPSA) is 120 Å². The van der Waals surface area contributed by atoms with E-state index in [9.17, 15) is 9.59 Å². The number of benzene rings is 2. The first-order valence-corrected chi connectivity index (χ1v) is 8.90. The molecule has 1 aromatic heterocycles. The largest absolute Gasteiger partial charge is 0.494 e. The number of aromatic nitrogens is 4. The van der Waals surface area contributed by atoms with Gasteiger partial charge in [0.15, 0.2) is 6.61 Å². The number of ether oxygens (including phenoxy) is 2. The van der Waals surface area contributed by atoms with Crippen molar-refractivity contribution < 1.29 is 19.1 Å². The predicted octanol–water partition coefficient (Wildman–Crippen LogP) is 1.11. The van der Waals surface area contributed by atoms with Crippen molar-refractivity contribution in [1.29, 1.82) is 0 Å². The number of carbonyl (C=O) groups excluding carboxylic acids is 2. The van der Waals surface area contributed by atoms with Crippen LogP contribution < -0.4 is 20.3 Å². The summed E-state index contributed by atoms with van der Waals surface area (Å²) in [6.45, 7) is 2.33. The Balaban J connectivity index is 1.43. The molecule has 150 valence electrons. The number of hydrogen-bond acceptors (Lipinski definition) is 7. The fourth-order valence-corrected chi connectivity index (χ4v) is 2.30. The maximum Gasteiger partial charge on any atom is 0.269 e. The number of rotatable bonds is 8. The Morgan fingerprint density at radius 2 is 1.69 bits per heavy atom. The smallest absolute Gasteiger partial charge is 0.269 e. The van der Waals surface area contributed by atoms with Crippen molar-refractivity contribution in [2.24, 2.45) is 0 Å². The lowest BCUT2D eigenvalue weighted by molar-refractivity contribution is -0.122. The van der Waals surface area contributed by atoms with Crippen LogP contribution in [-0.2, 0) is 17.9 Å². The van der Waals surface area contributed by atoms with E-state index < -0.39 is 11.8 Å². The molecule has 2 N–H and O–H groups in total. The average molecular weight is 396 g/mol. The summed E-state index contributed by atoms with van der Waals surface area (Å²) in [5.74, 6) is 0.721. The van der Waals surface area contributed by atoms with Gasteiger partial charge in [-0.1, -0.05) is 18.2 Å². The van der Waals surface area contributed by atoms with Crippen LogP contribution in [0, 0.1) is 0 Å². The summed E-state index contributed by atoms with van der Waals surface area (Å²) in [4.78, 5) is 25.1. The maximum absolute atomic E-state index is 12.1. The summed E-state index contributed by atoms with van der Waals surface area (Å²) in [5, 5.41) is 11.7. The third kappa shape index (κ3) is 6.03. The standard InChI is InChI=1S/C19H20N6O4/c1-2-28-16-10-8-14(9-11-16)19(27)22-21-18(26)12-25-23-17(20-24-25)13-29-15-6-4-3-5-7-15/h3-11H,2,12-13H2,1H3,(H,21,26)(H,22,27). The van der Waals surface area contributed by atoms with E-state index in [1.54, 1.807) is 24.3 Å². The van der Waals surface area contributed by atoms with Gasteiger partial charge in [0.1, 0.15) is 18.0 Å². The molecule has 3 rings (SSSR count). The molecule has 0 radical (unpaired) electrons. The van der Waals surface area contributed by atoms with Gasteiger partial charge in [-0.05, 0) is 48.5 Å². The Labute approximate surface area is 166 Å². The van der Waals surface area contributed by atoms with Gasteiger partial charge in [-0.25, -0.2) is 0 Å². The quantitative estimate of drug-likeness (QED) is 0.547. The van der Waals surface area contributed by atoms with Gasteiger partial charge >= 0.3 is 0 Å². The molecule has 2 aromatic carbocycles. The Morgan fingerprint density at radius 3 is 2.41 bits per heavy atom. The van der Waals surface area contributed by atoms with E-state index in [1.807, 2.05) is 37.3 Å². The highest BCUT2D eigenvalue weighted by atomic mass is 16.5. The molecule has 0 unspecified atom stereocenters. The summed E-state index contributed by atoms with van der Waals surface area (Å²) >= 11 is 0. The van der Waals surface area contributed by atoms with E-state index in [-0.39, 0.29) is 13.2 Å². The van der Waals surface area contributed by atoms with E-state index >= 15 is 0 Å². The highest BCUT2D eigenvalue weighted by molar-refractivity contribution is 5.95. The van der Waals surface area contributed by atoms with Crippen molar-refractivity contribution >= 4 is 11.8 Å². The normalized spacial score (nSPS) is 10.2. The van der Waals surface area contributed by atoms with Crippen LogP contribution in [0.4, 0.5) is 0 Å². The number of hydrazine groups is 1. The lowest BCUT2D eigenvalue weighted by atomic mass is 10.2. The molecule has 0 aliphatic carbocycles. The zero-order valence-electron chi connectivity index (χ0n) is 15.7. The predicted molar refractivity (Wildman–Crippen MR) is 102 cm³/mol. The first-order valence-electron chi connectivity index (χ1n) is 8.90. The molecule has 1 heterocycles. The van der Waals surface area contributed by atoms with Gasteiger partial charge < -0.3 is 9.47 Å². The van der Waals surface area contributed by atoms with E-state index in [2.05, 4.69) is 26.3 Å². The maximum atomic E-state index is 12.1. The molecule has 10 heteroatoms. The number of amides is 2. The molecule has 29 heavy (non-hydrogen) atoms. The number of nitrogens with one attached hydrogen (secondary N) is 2. The van der Waals surface area contributed by atoms with Gasteiger partial charge in [0.25, 0.3) is 11.8 Å². The lowest BCUT2D eigenvalue weighted by Gasteiger charge is -2.08. The van der Waals surface area contributed by atoms with Crippen molar-refractivity contribution in [3.63, 3.8) is 0 Å². The minimum Gasteiger partial charge on any atom is -0.494 e. The molecule has 3 aromatic rings. The second kappa shape index (κ2) is 9.83. The SMILES string of the molecule is CCOc1ccc(C(=O)NNC(=O)Cn2nnc(COc3ccccc3)n2)cc1. The minimum absolute atomic E-state index is 0.125. The van der Waals surface area contributed by atoms with Gasteiger partial charge in [0.05, 0.1) is 6.61 Å². The van der Waals surface area contributed by atoms with Gasteiger partial charge in [-0.15, -0.1) is 10.2 Å². The van der Waals surface area contributed by atoms with Crippen molar-refractivity contribution in [3.8, 4) is 11.5 Å². The Morgan fingerprint density at radius 1 is 0.966 bits per heavy atom. The second-order valence-corrected chi connectivity index (χ2v) is 5.80. The van der Waals surface area contributed by atoms with Gasteiger partial charge in [-0.3, -0.25) is 20.4 Å². The molecule has 0 spiro atoms. The monoisotopic (exact) mass is 396 g/mol. The summed E-state index contributed by atoms with van der Waals surface area (Å²) in [5.41, 5.74) is 5.02. The summed E-state index contributed by atoms with van der Waals surface area (Å²) in [6.07, 6.45) is 0. The number of nitrogens with zero attached hydrogens (tertiary/aromatic N) is 4. The molecule has 0 aliphatic heterocycles. The molecule has 10 nitrogen and oxygen atoms in total. The molecular formula is C19H20N6O4. The molecule has 0 atom stereocenters.